The highest BCUT2D eigenvalue weighted by molar-refractivity contribution is 5.78. The van der Waals surface area contributed by atoms with Crippen LogP contribution in [0.25, 0.3) is 0 Å². The molecule has 2 unspecified atom stereocenters. The summed E-state index contributed by atoms with van der Waals surface area (Å²) in [5, 5.41) is 12.4. The molecule has 0 spiro atoms. The van der Waals surface area contributed by atoms with E-state index in [4.69, 9.17) is 4.42 Å². The monoisotopic (exact) mass is 287 g/mol. The molecule has 0 aliphatic carbocycles. The molecule has 2 atom stereocenters. The number of carbonyl (C=O) groups is 1. The van der Waals surface area contributed by atoms with E-state index in [1.54, 1.807) is 19.1 Å². The van der Waals surface area contributed by atoms with E-state index < -0.39 is 12.0 Å². The maximum atomic E-state index is 11.4. The van der Waals surface area contributed by atoms with Crippen LogP contribution in [0.2, 0.25) is 0 Å². The average Bonchev–Trinajstić information content (AvgIpc) is 2.90. The van der Waals surface area contributed by atoms with Crippen LogP contribution in [0, 0.1) is 6.92 Å². The van der Waals surface area contributed by atoms with Gasteiger partial charge in [0, 0.05) is 5.69 Å². The zero-order chi connectivity index (χ0) is 15.4. The second-order valence-electron chi connectivity index (χ2n) is 5.30. The van der Waals surface area contributed by atoms with Crippen LogP contribution in [0.4, 0.5) is 5.69 Å². The van der Waals surface area contributed by atoms with Gasteiger partial charge >= 0.3 is 5.97 Å². The number of carboxylic acid groups (broad SMARTS) is 1. The van der Waals surface area contributed by atoms with Crippen molar-refractivity contribution in [2.24, 2.45) is 0 Å². The lowest BCUT2D eigenvalue weighted by Gasteiger charge is -2.15. The van der Waals surface area contributed by atoms with E-state index in [0.29, 0.717) is 17.4 Å². The molecule has 21 heavy (non-hydrogen) atoms. The normalized spacial score (nSPS) is 13.7. The second-order valence-corrected chi connectivity index (χ2v) is 5.30. The Balaban J connectivity index is 2.16. The summed E-state index contributed by atoms with van der Waals surface area (Å²) < 4.78 is 5.42. The molecule has 0 aliphatic heterocycles. The van der Waals surface area contributed by atoms with E-state index in [1.165, 1.54) is 5.56 Å². The highest BCUT2D eigenvalue weighted by atomic mass is 16.4. The molecular formula is C17H21NO3. The van der Waals surface area contributed by atoms with Gasteiger partial charge in [0.25, 0.3) is 0 Å². The third-order valence-electron chi connectivity index (χ3n) is 3.70. The van der Waals surface area contributed by atoms with E-state index in [9.17, 15) is 9.90 Å². The molecule has 112 valence electrons. The largest absolute Gasteiger partial charge is 0.479 e. The van der Waals surface area contributed by atoms with Gasteiger partial charge in [-0.1, -0.05) is 26.0 Å². The third-order valence-corrected chi connectivity index (χ3v) is 3.70. The van der Waals surface area contributed by atoms with Crippen LogP contribution < -0.4 is 5.32 Å². The average molecular weight is 287 g/mol. The number of anilines is 1. The van der Waals surface area contributed by atoms with Crippen molar-refractivity contribution in [3.05, 3.63) is 53.5 Å². The Morgan fingerprint density at radius 1 is 1.24 bits per heavy atom. The van der Waals surface area contributed by atoms with Gasteiger partial charge in [-0.25, -0.2) is 4.79 Å². The maximum absolute atomic E-state index is 11.4. The Bertz CT molecular complexity index is 601. The molecule has 1 aromatic heterocycles. The van der Waals surface area contributed by atoms with E-state index >= 15 is 0 Å². The SMILES string of the molecule is CCC(C)c1ccc(NC(C(=O)O)c2ccc(C)o2)cc1. The Kier molecular flexibility index (Phi) is 4.68. The summed E-state index contributed by atoms with van der Waals surface area (Å²) in [6.45, 7) is 6.12. The summed E-state index contributed by atoms with van der Waals surface area (Å²) >= 11 is 0. The van der Waals surface area contributed by atoms with Crippen LogP contribution in [0.3, 0.4) is 0 Å². The number of carboxylic acids is 1. The van der Waals surface area contributed by atoms with Crippen molar-refractivity contribution in [3.8, 4) is 0 Å². The number of benzene rings is 1. The molecule has 4 nitrogen and oxygen atoms in total. The number of aliphatic carboxylic acids is 1. The van der Waals surface area contributed by atoms with Gasteiger partial charge in [-0.05, 0) is 49.1 Å². The van der Waals surface area contributed by atoms with Crippen molar-refractivity contribution in [1.29, 1.82) is 0 Å². The number of rotatable bonds is 6. The maximum Gasteiger partial charge on any atom is 0.334 e. The molecule has 2 N–H and O–H groups in total. The molecule has 0 amide bonds. The minimum absolute atomic E-state index is 0.408. The lowest BCUT2D eigenvalue weighted by atomic mass is 9.98. The summed E-state index contributed by atoms with van der Waals surface area (Å²) in [4.78, 5) is 11.4. The smallest absolute Gasteiger partial charge is 0.334 e. The molecular weight excluding hydrogens is 266 g/mol. The van der Waals surface area contributed by atoms with Crippen LogP contribution in [0.1, 0.15) is 49.3 Å². The van der Waals surface area contributed by atoms with Crippen molar-refractivity contribution < 1.29 is 14.3 Å². The first-order valence-corrected chi connectivity index (χ1v) is 7.17. The van der Waals surface area contributed by atoms with Gasteiger partial charge in [-0.15, -0.1) is 0 Å². The molecule has 0 aliphatic rings. The number of hydrogen-bond acceptors (Lipinski definition) is 3. The second kappa shape index (κ2) is 6.48. The highest BCUT2D eigenvalue weighted by Crippen LogP contribution is 2.24. The van der Waals surface area contributed by atoms with E-state index in [0.717, 1.165) is 12.1 Å². The Morgan fingerprint density at radius 3 is 2.38 bits per heavy atom. The van der Waals surface area contributed by atoms with Gasteiger partial charge < -0.3 is 14.8 Å². The van der Waals surface area contributed by atoms with Gasteiger partial charge in [0.15, 0.2) is 6.04 Å². The quantitative estimate of drug-likeness (QED) is 0.829. The molecule has 1 heterocycles. The summed E-state index contributed by atoms with van der Waals surface area (Å²) in [7, 11) is 0. The lowest BCUT2D eigenvalue weighted by Crippen LogP contribution is -2.19. The Morgan fingerprint density at radius 2 is 1.90 bits per heavy atom. The van der Waals surface area contributed by atoms with Crippen molar-refractivity contribution >= 4 is 11.7 Å². The van der Waals surface area contributed by atoms with Crippen LogP contribution >= 0.6 is 0 Å². The van der Waals surface area contributed by atoms with Gasteiger partial charge in [-0.2, -0.15) is 0 Å². The summed E-state index contributed by atoms with van der Waals surface area (Å²) in [6.07, 6.45) is 1.08. The molecule has 0 fully saturated rings. The first-order chi connectivity index (χ1) is 10.0. The molecule has 2 rings (SSSR count). The minimum atomic E-state index is -0.963. The van der Waals surface area contributed by atoms with Crippen molar-refractivity contribution in [3.63, 3.8) is 0 Å². The standard InChI is InChI=1S/C17H21NO3/c1-4-11(2)13-6-8-14(9-7-13)18-16(17(19)20)15-10-5-12(3)21-15/h5-11,16,18H,4H2,1-3H3,(H,19,20). The van der Waals surface area contributed by atoms with Gasteiger partial charge in [0.05, 0.1) is 0 Å². The molecule has 0 saturated carbocycles. The first-order valence-electron chi connectivity index (χ1n) is 7.17. The van der Waals surface area contributed by atoms with E-state index in [1.807, 2.05) is 24.3 Å². The fraction of sp³-hybridized carbons (Fsp3) is 0.353. The Labute approximate surface area is 124 Å². The topological polar surface area (TPSA) is 62.5 Å². The third kappa shape index (κ3) is 3.66. The summed E-state index contributed by atoms with van der Waals surface area (Å²) in [5.74, 6) is 0.647. The van der Waals surface area contributed by atoms with Crippen LogP contribution in [0.5, 0.6) is 0 Å². The molecule has 0 bridgehead atoms. The zero-order valence-electron chi connectivity index (χ0n) is 12.6. The predicted molar refractivity (Wildman–Crippen MR) is 82.6 cm³/mol. The molecule has 2 aromatic rings. The first kappa shape index (κ1) is 15.2. The van der Waals surface area contributed by atoms with Crippen LogP contribution in [0.15, 0.2) is 40.8 Å². The van der Waals surface area contributed by atoms with Crippen LogP contribution in [-0.4, -0.2) is 11.1 Å². The van der Waals surface area contributed by atoms with E-state index in [-0.39, 0.29) is 0 Å². The number of hydrogen-bond donors (Lipinski definition) is 2. The summed E-state index contributed by atoms with van der Waals surface area (Å²) in [5.41, 5.74) is 2.02. The fourth-order valence-corrected chi connectivity index (χ4v) is 2.17. The van der Waals surface area contributed by atoms with Gasteiger partial charge in [0.2, 0.25) is 0 Å². The van der Waals surface area contributed by atoms with Crippen LogP contribution in [-0.2, 0) is 4.79 Å². The number of nitrogens with one attached hydrogen (secondary N) is 1. The highest BCUT2D eigenvalue weighted by Gasteiger charge is 2.23. The van der Waals surface area contributed by atoms with Crippen molar-refractivity contribution in [1.82, 2.24) is 0 Å². The number of furan rings is 1. The Hall–Kier alpha value is -2.23. The number of aryl methyl sites for hydroxylation is 1. The molecule has 4 heteroatoms. The lowest BCUT2D eigenvalue weighted by molar-refractivity contribution is -0.138. The molecule has 0 saturated heterocycles. The van der Waals surface area contributed by atoms with Crippen molar-refractivity contribution in [2.45, 2.75) is 39.2 Å². The van der Waals surface area contributed by atoms with E-state index in [2.05, 4.69) is 19.2 Å². The van der Waals surface area contributed by atoms with Crippen molar-refractivity contribution in [2.75, 3.05) is 5.32 Å². The molecule has 1 aromatic carbocycles. The predicted octanol–water partition coefficient (Wildman–Crippen LogP) is 4.34. The minimum Gasteiger partial charge on any atom is -0.479 e. The fourth-order valence-electron chi connectivity index (χ4n) is 2.17. The van der Waals surface area contributed by atoms with Gasteiger partial charge in [0.1, 0.15) is 11.5 Å². The zero-order valence-corrected chi connectivity index (χ0v) is 12.6. The van der Waals surface area contributed by atoms with Gasteiger partial charge in [-0.3, -0.25) is 0 Å². The molecule has 0 radical (unpaired) electrons. The summed E-state index contributed by atoms with van der Waals surface area (Å²) in [6, 6.07) is 10.5.